The lowest BCUT2D eigenvalue weighted by Gasteiger charge is -2.22. The summed E-state index contributed by atoms with van der Waals surface area (Å²) in [6.07, 6.45) is 2.39. The zero-order chi connectivity index (χ0) is 15.5. The van der Waals surface area contributed by atoms with Crippen molar-refractivity contribution in [2.24, 2.45) is 0 Å². The van der Waals surface area contributed by atoms with Gasteiger partial charge in [0, 0.05) is 38.8 Å². The van der Waals surface area contributed by atoms with Crippen molar-refractivity contribution >= 4 is 95.6 Å². The molecular formula is C13H24S8. The van der Waals surface area contributed by atoms with Gasteiger partial charge in [0.2, 0.25) is 0 Å². The van der Waals surface area contributed by atoms with Gasteiger partial charge < -0.3 is 0 Å². The quantitative estimate of drug-likeness (QED) is 0.241. The van der Waals surface area contributed by atoms with E-state index in [9.17, 15) is 0 Å². The van der Waals surface area contributed by atoms with Crippen molar-refractivity contribution in [3.05, 3.63) is 11.0 Å². The largest absolute Gasteiger partial charge is 0.179 e. The van der Waals surface area contributed by atoms with Crippen LogP contribution in [0.15, 0.2) is 11.0 Å². The molecule has 0 amide bonds. The fraction of sp³-hybridized carbons (Fsp3) is 0.846. The van der Waals surface area contributed by atoms with E-state index in [4.69, 9.17) is 0 Å². The Morgan fingerprint density at radius 1 is 1.00 bits per heavy atom. The van der Waals surface area contributed by atoms with Gasteiger partial charge >= 0.3 is 0 Å². The lowest BCUT2D eigenvalue weighted by atomic mass is 10.1. The molecule has 1 aliphatic rings. The molecule has 0 saturated heterocycles. The lowest BCUT2D eigenvalue weighted by Crippen LogP contribution is -2.18. The molecular weight excluding hydrogens is 413 g/mol. The summed E-state index contributed by atoms with van der Waals surface area (Å²) in [4.78, 5) is 0. The first kappa shape index (κ1) is 21.6. The van der Waals surface area contributed by atoms with E-state index in [1.165, 1.54) is 12.8 Å². The smallest absolute Gasteiger partial charge is 0.0383 e. The molecule has 1 heterocycles. The van der Waals surface area contributed by atoms with Gasteiger partial charge in [0.15, 0.2) is 0 Å². The van der Waals surface area contributed by atoms with Crippen LogP contribution in [0.3, 0.4) is 0 Å². The first-order valence-electron chi connectivity index (χ1n) is 6.92. The van der Waals surface area contributed by atoms with E-state index in [0.29, 0.717) is 15.7 Å². The summed E-state index contributed by atoms with van der Waals surface area (Å²) in [7, 11) is 3.91. The molecule has 0 bridgehead atoms. The second-order valence-corrected chi connectivity index (χ2v) is 11.4. The van der Waals surface area contributed by atoms with Crippen LogP contribution in [0.4, 0.5) is 0 Å². The number of rotatable bonds is 12. The summed E-state index contributed by atoms with van der Waals surface area (Å²) in [5.74, 6) is 6.04. The SMILES string of the molecule is SCCSC(CS)CC1=CSSC1CC(CS)SCCS. The Kier molecular flexibility index (Phi) is 14.2. The molecule has 0 saturated carbocycles. The van der Waals surface area contributed by atoms with Crippen LogP contribution in [0, 0.1) is 0 Å². The van der Waals surface area contributed by atoms with Crippen LogP contribution in [-0.4, -0.2) is 50.3 Å². The molecule has 1 rings (SSSR count). The average Bonchev–Trinajstić information content (AvgIpc) is 2.94. The first-order chi connectivity index (χ1) is 10.2. The summed E-state index contributed by atoms with van der Waals surface area (Å²) in [5, 5.41) is 4.28. The molecule has 0 aromatic rings. The van der Waals surface area contributed by atoms with Crippen LogP contribution in [0.1, 0.15) is 12.8 Å². The van der Waals surface area contributed by atoms with E-state index in [2.05, 4.69) is 55.9 Å². The van der Waals surface area contributed by atoms with E-state index in [0.717, 1.165) is 34.5 Å². The van der Waals surface area contributed by atoms with Gasteiger partial charge in [-0.15, -0.1) is 0 Å². The summed E-state index contributed by atoms with van der Waals surface area (Å²) in [5.41, 5.74) is 1.61. The lowest BCUT2D eigenvalue weighted by molar-refractivity contribution is 0.787. The predicted octanol–water partition coefficient (Wildman–Crippen LogP) is 5.34. The topological polar surface area (TPSA) is 0 Å². The highest BCUT2D eigenvalue weighted by Crippen LogP contribution is 2.46. The van der Waals surface area contributed by atoms with Gasteiger partial charge in [0.25, 0.3) is 0 Å². The van der Waals surface area contributed by atoms with Gasteiger partial charge in [-0.25, -0.2) is 0 Å². The summed E-state index contributed by atoms with van der Waals surface area (Å²) < 4.78 is 0. The van der Waals surface area contributed by atoms with Gasteiger partial charge in [-0.05, 0) is 35.3 Å². The summed E-state index contributed by atoms with van der Waals surface area (Å²) in [6, 6.07) is 0. The average molecular weight is 437 g/mol. The fourth-order valence-electron chi connectivity index (χ4n) is 1.98. The maximum Gasteiger partial charge on any atom is 0.0383 e. The predicted molar refractivity (Wildman–Crippen MR) is 124 cm³/mol. The van der Waals surface area contributed by atoms with Crippen molar-refractivity contribution in [3.63, 3.8) is 0 Å². The molecule has 124 valence electrons. The van der Waals surface area contributed by atoms with E-state index >= 15 is 0 Å². The van der Waals surface area contributed by atoms with Gasteiger partial charge in [-0.2, -0.15) is 74.0 Å². The van der Waals surface area contributed by atoms with Crippen LogP contribution >= 0.6 is 95.6 Å². The Morgan fingerprint density at radius 2 is 1.62 bits per heavy atom. The van der Waals surface area contributed by atoms with Crippen molar-refractivity contribution in [1.82, 2.24) is 0 Å². The van der Waals surface area contributed by atoms with E-state index in [-0.39, 0.29) is 0 Å². The van der Waals surface area contributed by atoms with Gasteiger partial charge in [-0.3, -0.25) is 0 Å². The molecule has 0 nitrogen and oxygen atoms in total. The minimum Gasteiger partial charge on any atom is -0.179 e. The van der Waals surface area contributed by atoms with Crippen LogP contribution < -0.4 is 0 Å². The molecule has 3 unspecified atom stereocenters. The van der Waals surface area contributed by atoms with Crippen molar-refractivity contribution < 1.29 is 0 Å². The molecule has 3 atom stereocenters. The van der Waals surface area contributed by atoms with Crippen molar-refractivity contribution in [1.29, 1.82) is 0 Å². The Hall–Kier alpha value is 2.54. The Balaban J connectivity index is 2.45. The highest BCUT2D eigenvalue weighted by atomic mass is 33.1. The van der Waals surface area contributed by atoms with E-state index in [1.807, 2.05) is 45.1 Å². The minimum atomic E-state index is 0.619. The summed E-state index contributed by atoms with van der Waals surface area (Å²) >= 11 is 21.7. The normalized spacial score (nSPS) is 21.3. The summed E-state index contributed by atoms with van der Waals surface area (Å²) in [6.45, 7) is 0. The molecule has 0 aromatic carbocycles. The molecule has 21 heavy (non-hydrogen) atoms. The number of hydrogen-bond donors (Lipinski definition) is 4. The third kappa shape index (κ3) is 8.98. The molecule has 8 heteroatoms. The van der Waals surface area contributed by atoms with Crippen LogP contribution in [-0.2, 0) is 0 Å². The van der Waals surface area contributed by atoms with Gasteiger partial charge in [0.05, 0.1) is 0 Å². The van der Waals surface area contributed by atoms with E-state index < -0.39 is 0 Å². The third-order valence-electron chi connectivity index (χ3n) is 3.02. The number of hydrogen-bond acceptors (Lipinski definition) is 8. The number of thioether (sulfide) groups is 2. The highest BCUT2D eigenvalue weighted by Gasteiger charge is 2.26. The molecule has 0 fully saturated rings. The number of thiol groups is 4. The minimum absolute atomic E-state index is 0.619. The van der Waals surface area contributed by atoms with Crippen molar-refractivity contribution in [2.75, 3.05) is 34.5 Å². The maximum absolute atomic E-state index is 4.52. The fourth-order valence-corrected chi connectivity index (χ4v) is 8.17. The molecule has 1 aliphatic heterocycles. The van der Waals surface area contributed by atoms with E-state index in [1.54, 1.807) is 5.57 Å². The van der Waals surface area contributed by atoms with Crippen molar-refractivity contribution in [2.45, 2.75) is 28.6 Å². The van der Waals surface area contributed by atoms with Gasteiger partial charge in [0.1, 0.15) is 0 Å². The Bertz CT molecular complexity index is 296. The molecule has 0 spiro atoms. The Labute approximate surface area is 168 Å². The highest BCUT2D eigenvalue weighted by molar-refractivity contribution is 8.78. The molecule has 0 aliphatic carbocycles. The zero-order valence-corrected chi connectivity index (χ0v) is 18.7. The molecule has 0 aromatic heterocycles. The maximum atomic E-state index is 4.52. The third-order valence-corrected chi connectivity index (χ3v) is 10.5. The van der Waals surface area contributed by atoms with Crippen LogP contribution in [0.25, 0.3) is 0 Å². The monoisotopic (exact) mass is 436 g/mol. The second kappa shape index (κ2) is 13.8. The van der Waals surface area contributed by atoms with Crippen molar-refractivity contribution in [3.8, 4) is 0 Å². The zero-order valence-electron chi connectivity index (χ0n) is 11.9. The standard InChI is InChI=1S/C13H24S8/c14-1-3-18-11(7-16)5-10-9-20-21-13(10)6-12(8-17)19-4-2-15/h9,11-17H,1-8H2. The van der Waals surface area contributed by atoms with Crippen LogP contribution in [0.5, 0.6) is 0 Å². The molecule has 0 N–H and O–H groups in total. The second-order valence-electron chi connectivity index (χ2n) is 4.61. The first-order valence-corrected chi connectivity index (χ1v) is 13.8. The van der Waals surface area contributed by atoms with Gasteiger partial charge in [-0.1, -0.05) is 21.6 Å². The molecule has 0 radical (unpaired) electrons. The van der Waals surface area contributed by atoms with Crippen LogP contribution in [0.2, 0.25) is 0 Å². The Morgan fingerprint density at radius 3 is 2.19 bits per heavy atom.